The van der Waals surface area contributed by atoms with Crippen molar-refractivity contribution in [2.24, 2.45) is 5.11 Å². The molecule has 0 bridgehead atoms. The number of aromatic hydroxyl groups is 1. The van der Waals surface area contributed by atoms with E-state index in [1.54, 1.807) is 23.8 Å². The molecule has 0 aliphatic carbocycles. The van der Waals surface area contributed by atoms with Gasteiger partial charge in [-0.05, 0) is 41.4 Å². The Morgan fingerprint density at radius 1 is 1.16 bits per heavy atom. The van der Waals surface area contributed by atoms with Gasteiger partial charge in [0.25, 0.3) is 5.91 Å². The van der Waals surface area contributed by atoms with Gasteiger partial charge < -0.3 is 25.4 Å². The Labute approximate surface area is 226 Å². The van der Waals surface area contributed by atoms with E-state index in [0.717, 1.165) is 10.5 Å². The molecule has 1 aliphatic heterocycles. The molecule has 0 atom stereocenters. The van der Waals surface area contributed by atoms with Crippen molar-refractivity contribution in [2.45, 2.75) is 11.4 Å². The van der Waals surface area contributed by atoms with E-state index >= 15 is 0 Å². The maximum Gasteiger partial charge on any atom is 0.312 e. The van der Waals surface area contributed by atoms with Crippen LogP contribution in [0.2, 0.25) is 0 Å². The number of benzene rings is 2. The zero-order valence-electron chi connectivity index (χ0n) is 20.0. The smallest absolute Gasteiger partial charge is 0.312 e. The molecule has 2 aromatic carbocycles. The Balaban J connectivity index is 1.32. The average Bonchev–Trinajstić information content (AvgIpc) is 3.11. The van der Waals surface area contributed by atoms with Gasteiger partial charge >= 0.3 is 11.8 Å². The molecule has 196 valence electrons. The number of hydrogen-bond acceptors (Lipinski definition) is 9. The first-order valence-corrected chi connectivity index (χ1v) is 14.7. The van der Waals surface area contributed by atoms with Gasteiger partial charge in [0.1, 0.15) is 11.5 Å². The van der Waals surface area contributed by atoms with Crippen molar-refractivity contribution in [3.63, 3.8) is 0 Å². The number of carbonyl (C=O) groups is 3. The second-order valence-electron chi connectivity index (χ2n) is 7.60. The highest BCUT2D eigenvalue weighted by Gasteiger charge is 2.25. The molecule has 14 heteroatoms. The highest BCUT2D eigenvalue weighted by Crippen LogP contribution is 2.30. The number of phenolic OH excluding ortho intramolecular Hbond substituents is 1. The number of fused-ring (bicyclic) bond motifs is 1. The first-order valence-electron chi connectivity index (χ1n) is 11.2. The van der Waals surface area contributed by atoms with Gasteiger partial charge in [-0.1, -0.05) is 32.8 Å². The summed E-state index contributed by atoms with van der Waals surface area (Å²) in [6, 6.07) is 9.81. The molecule has 3 rings (SSSR count). The summed E-state index contributed by atoms with van der Waals surface area (Å²) in [7, 11) is 4.62. The van der Waals surface area contributed by atoms with Gasteiger partial charge in [0.05, 0.1) is 12.7 Å². The van der Waals surface area contributed by atoms with Crippen molar-refractivity contribution in [3.8, 4) is 11.5 Å². The normalized spacial score (nSPS) is 12.5. The molecule has 3 amide bonds. The van der Waals surface area contributed by atoms with E-state index in [-0.39, 0.29) is 17.0 Å². The Bertz CT molecular complexity index is 1190. The molecule has 1 aliphatic rings. The maximum absolute atomic E-state index is 12.7. The van der Waals surface area contributed by atoms with Gasteiger partial charge in [-0.2, -0.15) is 0 Å². The summed E-state index contributed by atoms with van der Waals surface area (Å²) in [6.45, 7) is 1.56. The Morgan fingerprint density at radius 3 is 2.62 bits per heavy atom. The van der Waals surface area contributed by atoms with Crippen LogP contribution in [-0.4, -0.2) is 71.7 Å². The Kier molecular flexibility index (Phi) is 11.1. The van der Waals surface area contributed by atoms with Crippen LogP contribution in [0.15, 0.2) is 46.4 Å². The summed E-state index contributed by atoms with van der Waals surface area (Å²) in [5, 5.41) is 18.7. The van der Waals surface area contributed by atoms with Crippen LogP contribution in [0, 0.1) is 0 Å². The molecule has 0 aromatic heterocycles. The van der Waals surface area contributed by atoms with Crippen LogP contribution < -0.4 is 15.4 Å². The molecule has 3 N–H and O–H groups in total. The molecule has 0 saturated heterocycles. The summed E-state index contributed by atoms with van der Waals surface area (Å²) in [6.07, 6.45) is 0. The molecule has 0 unspecified atom stereocenters. The van der Waals surface area contributed by atoms with Gasteiger partial charge in [-0.25, -0.2) is 0 Å². The van der Waals surface area contributed by atoms with Crippen molar-refractivity contribution >= 4 is 56.8 Å². The van der Waals surface area contributed by atoms with Crippen LogP contribution in [0.5, 0.6) is 11.5 Å². The summed E-state index contributed by atoms with van der Waals surface area (Å²) >= 11 is 1.65. The third-order valence-corrected chi connectivity index (χ3v) is 8.64. The van der Waals surface area contributed by atoms with E-state index in [9.17, 15) is 19.5 Å². The van der Waals surface area contributed by atoms with Gasteiger partial charge in [0.15, 0.2) is 0 Å². The summed E-state index contributed by atoms with van der Waals surface area (Å²) in [4.78, 5) is 42.5. The first-order chi connectivity index (χ1) is 17.9. The predicted octanol–water partition coefficient (Wildman–Crippen LogP) is 3.70. The van der Waals surface area contributed by atoms with E-state index < -0.39 is 17.7 Å². The van der Waals surface area contributed by atoms with Gasteiger partial charge in [0.2, 0.25) is 0 Å². The number of thioether (sulfide) groups is 1. The van der Waals surface area contributed by atoms with E-state index in [1.807, 2.05) is 18.2 Å². The maximum atomic E-state index is 12.7. The van der Waals surface area contributed by atoms with Crippen molar-refractivity contribution in [1.29, 1.82) is 0 Å². The van der Waals surface area contributed by atoms with Crippen molar-refractivity contribution < 1.29 is 24.2 Å². The van der Waals surface area contributed by atoms with Crippen molar-refractivity contribution in [3.05, 3.63) is 58.0 Å². The molecular weight excluding hydrogens is 536 g/mol. The van der Waals surface area contributed by atoms with Crippen LogP contribution in [0.25, 0.3) is 10.4 Å². The number of amides is 3. The van der Waals surface area contributed by atoms with E-state index in [1.165, 1.54) is 39.8 Å². The number of nitrogens with zero attached hydrogens (tertiary/aromatic N) is 4. The van der Waals surface area contributed by atoms with Crippen molar-refractivity contribution in [2.75, 3.05) is 44.0 Å². The minimum atomic E-state index is -0.625. The average molecular weight is 563 g/mol. The molecule has 0 spiro atoms. The third-order valence-electron chi connectivity index (χ3n) is 5.14. The number of ether oxygens (including phenoxy) is 1. The summed E-state index contributed by atoms with van der Waals surface area (Å²) in [5.41, 5.74) is 9.69. The fourth-order valence-electron chi connectivity index (χ4n) is 3.34. The summed E-state index contributed by atoms with van der Waals surface area (Å²) in [5.74, 6) is 0.748. The number of azide groups is 1. The Morgan fingerprint density at radius 2 is 1.92 bits per heavy atom. The minimum Gasteiger partial charge on any atom is -0.507 e. The summed E-state index contributed by atoms with van der Waals surface area (Å²) < 4.78 is 5.27. The first kappa shape index (κ1) is 28.4. The second kappa shape index (κ2) is 14.5. The monoisotopic (exact) mass is 562 g/mol. The van der Waals surface area contributed by atoms with Crippen LogP contribution in [0.4, 0.5) is 5.69 Å². The molecular formula is C23H26N6O5S3. The van der Waals surface area contributed by atoms with Gasteiger partial charge in [-0.15, -0.1) is 11.8 Å². The molecule has 0 fully saturated rings. The van der Waals surface area contributed by atoms with Gasteiger partial charge in [-0.3, -0.25) is 14.4 Å². The largest absolute Gasteiger partial charge is 0.507 e. The van der Waals surface area contributed by atoms with E-state index in [0.29, 0.717) is 49.2 Å². The standard InChI is InChI=1S/C23H26N6O5S3/c1-34-17-3-5-20-15(12-17)14-29(8-11-35-20)23(33)22(32)26-7-10-37-36-9-6-25-21(31)18-4-2-16(27-28-24)13-19(18)30/h2-5,12-13,30H,6-11,14H2,1H3,(H,25,31)(H,26,32). The fourth-order valence-corrected chi connectivity index (χ4v) is 6.16. The van der Waals surface area contributed by atoms with Crippen molar-refractivity contribution in [1.82, 2.24) is 15.5 Å². The number of phenols is 1. The van der Waals surface area contributed by atoms with E-state index in [2.05, 4.69) is 20.7 Å². The molecule has 0 radical (unpaired) electrons. The molecule has 1 heterocycles. The quantitative estimate of drug-likeness (QED) is 0.0988. The van der Waals surface area contributed by atoms with E-state index in [4.69, 9.17) is 10.3 Å². The highest BCUT2D eigenvalue weighted by atomic mass is 33.1. The minimum absolute atomic E-state index is 0.0903. The second-order valence-corrected chi connectivity index (χ2v) is 11.4. The van der Waals surface area contributed by atoms with Crippen LogP contribution in [-0.2, 0) is 16.1 Å². The lowest BCUT2D eigenvalue weighted by Gasteiger charge is -2.20. The SMILES string of the molecule is COc1ccc2c(c1)CN(C(=O)C(=O)NCCSSCCNC(=O)c1ccc(N=[N+]=[N-])cc1O)CCS2. The molecule has 37 heavy (non-hydrogen) atoms. The van der Waals surface area contributed by atoms with Crippen LogP contribution in [0.1, 0.15) is 15.9 Å². The number of hydrogen-bond donors (Lipinski definition) is 3. The number of nitrogens with one attached hydrogen (secondary N) is 2. The number of carbonyl (C=O) groups excluding carboxylic acids is 3. The topological polar surface area (TPSA) is 157 Å². The zero-order valence-corrected chi connectivity index (χ0v) is 22.5. The predicted molar refractivity (Wildman–Crippen MR) is 146 cm³/mol. The molecule has 2 aromatic rings. The highest BCUT2D eigenvalue weighted by molar-refractivity contribution is 8.76. The zero-order chi connectivity index (χ0) is 26.6. The lowest BCUT2D eigenvalue weighted by molar-refractivity contribution is -0.146. The van der Waals surface area contributed by atoms with Crippen LogP contribution >= 0.6 is 33.3 Å². The molecule has 11 nitrogen and oxygen atoms in total. The Hall–Kier alpha value is -3.19. The third kappa shape index (κ3) is 8.42. The van der Waals surface area contributed by atoms with Gasteiger partial charge in [0, 0.05) is 58.9 Å². The van der Waals surface area contributed by atoms with Crippen LogP contribution in [0.3, 0.4) is 0 Å². The fraction of sp³-hybridized carbons (Fsp3) is 0.348. The molecule has 0 saturated carbocycles. The lowest BCUT2D eigenvalue weighted by atomic mass is 10.1. The lowest BCUT2D eigenvalue weighted by Crippen LogP contribution is -2.43. The number of methoxy groups -OCH3 is 1. The number of rotatable bonds is 10.